The molecule has 1 amide bonds. The zero-order valence-electron chi connectivity index (χ0n) is 15.4. The fourth-order valence-electron chi connectivity index (χ4n) is 3.20. The average Bonchev–Trinajstić information content (AvgIpc) is 3.07. The van der Waals surface area contributed by atoms with E-state index in [1.54, 1.807) is 60.1 Å². The van der Waals surface area contributed by atoms with Gasteiger partial charge in [0.05, 0.1) is 22.9 Å². The first kappa shape index (κ1) is 18.7. The van der Waals surface area contributed by atoms with Crippen LogP contribution in [-0.2, 0) is 13.2 Å². The molecule has 1 N–H and O–H groups in total. The number of fused-ring (bicyclic) bond motifs is 1. The summed E-state index contributed by atoms with van der Waals surface area (Å²) in [6.07, 6.45) is -3.05. The number of amides is 1. The van der Waals surface area contributed by atoms with Crippen molar-refractivity contribution in [1.82, 2.24) is 9.55 Å². The maximum absolute atomic E-state index is 13.7. The van der Waals surface area contributed by atoms with E-state index in [0.717, 1.165) is 6.07 Å². The molecule has 1 aromatic heterocycles. The van der Waals surface area contributed by atoms with Crippen LogP contribution in [0.2, 0.25) is 0 Å². The van der Waals surface area contributed by atoms with E-state index in [1.807, 2.05) is 0 Å². The molecular weight excluding hydrogens is 379 g/mol. The van der Waals surface area contributed by atoms with Gasteiger partial charge in [0, 0.05) is 18.3 Å². The quantitative estimate of drug-likeness (QED) is 0.497. The van der Waals surface area contributed by atoms with Crippen molar-refractivity contribution in [1.29, 1.82) is 0 Å². The smallest absolute Gasteiger partial charge is 0.334 e. The van der Waals surface area contributed by atoms with Gasteiger partial charge in [-0.05, 0) is 47.5 Å². The molecule has 1 heterocycles. The molecule has 0 atom stereocenters. The Kier molecular flexibility index (Phi) is 4.58. The maximum Gasteiger partial charge on any atom is 0.417 e. The molecule has 0 aliphatic carbocycles. The van der Waals surface area contributed by atoms with E-state index >= 15 is 0 Å². The molecule has 4 aromatic rings. The summed E-state index contributed by atoms with van der Waals surface area (Å²) in [5.74, 6) is -0.334. The van der Waals surface area contributed by atoms with E-state index in [9.17, 15) is 18.0 Å². The van der Waals surface area contributed by atoms with E-state index in [0.29, 0.717) is 27.8 Å². The second kappa shape index (κ2) is 7.09. The summed E-state index contributed by atoms with van der Waals surface area (Å²) in [6.45, 7) is 0. The SMILES string of the molecule is Cn1cnc2cc(-c3cccc(NC(=O)c4ccccc4)c3)c(C(F)(F)F)cc21. The number of aryl methyl sites for hydroxylation is 1. The highest BCUT2D eigenvalue weighted by Gasteiger charge is 2.34. The van der Waals surface area contributed by atoms with Gasteiger partial charge in [-0.2, -0.15) is 13.2 Å². The highest BCUT2D eigenvalue weighted by Crippen LogP contribution is 2.39. The van der Waals surface area contributed by atoms with Gasteiger partial charge >= 0.3 is 6.18 Å². The Morgan fingerprint density at radius 2 is 1.76 bits per heavy atom. The Hall–Kier alpha value is -3.61. The fraction of sp³-hybridized carbons (Fsp3) is 0.0909. The first-order valence-corrected chi connectivity index (χ1v) is 8.82. The van der Waals surface area contributed by atoms with Crippen LogP contribution in [-0.4, -0.2) is 15.5 Å². The van der Waals surface area contributed by atoms with E-state index < -0.39 is 11.7 Å². The molecule has 146 valence electrons. The molecule has 0 fully saturated rings. The van der Waals surface area contributed by atoms with Crippen molar-refractivity contribution in [2.75, 3.05) is 5.32 Å². The summed E-state index contributed by atoms with van der Waals surface area (Å²) in [7, 11) is 1.65. The van der Waals surface area contributed by atoms with Crippen LogP contribution < -0.4 is 5.32 Å². The van der Waals surface area contributed by atoms with Gasteiger partial charge in [0.25, 0.3) is 5.91 Å². The largest absolute Gasteiger partial charge is 0.417 e. The Labute approximate surface area is 164 Å². The van der Waals surface area contributed by atoms with Gasteiger partial charge in [-0.25, -0.2) is 4.98 Å². The molecule has 0 aliphatic rings. The normalized spacial score (nSPS) is 11.6. The van der Waals surface area contributed by atoms with Crippen molar-refractivity contribution >= 4 is 22.6 Å². The lowest BCUT2D eigenvalue weighted by molar-refractivity contribution is -0.137. The van der Waals surface area contributed by atoms with Gasteiger partial charge < -0.3 is 9.88 Å². The third kappa shape index (κ3) is 3.71. The van der Waals surface area contributed by atoms with E-state index in [1.165, 1.54) is 18.5 Å². The molecule has 0 aliphatic heterocycles. The van der Waals surface area contributed by atoms with Crippen molar-refractivity contribution in [3.8, 4) is 11.1 Å². The van der Waals surface area contributed by atoms with Crippen LogP contribution in [0.25, 0.3) is 22.2 Å². The number of carbonyl (C=O) groups is 1. The number of rotatable bonds is 3. The topological polar surface area (TPSA) is 46.9 Å². The monoisotopic (exact) mass is 395 g/mol. The number of aromatic nitrogens is 2. The number of nitrogens with zero attached hydrogens (tertiary/aromatic N) is 2. The number of alkyl halides is 3. The predicted molar refractivity (Wildman–Crippen MR) is 106 cm³/mol. The Balaban J connectivity index is 1.76. The van der Waals surface area contributed by atoms with Crippen LogP contribution >= 0.6 is 0 Å². The van der Waals surface area contributed by atoms with Gasteiger partial charge in [0.1, 0.15) is 0 Å². The number of benzene rings is 3. The van der Waals surface area contributed by atoms with Crippen molar-refractivity contribution in [3.05, 3.63) is 84.2 Å². The van der Waals surface area contributed by atoms with Gasteiger partial charge in [0.15, 0.2) is 0 Å². The summed E-state index contributed by atoms with van der Waals surface area (Å²) in [6, 6.07) is 17.5. The van der Waals surface area contributed by atoms with Crippen LogP contribution in [0.4, 0.5) is 18.9 Å². The number of nitrogens with one attached hydrogen (secondary N) is 1. The zero-order chi connectivity index (χ0) is 20.6. The van der Waals surface area contributed by atoms with E-state index in [-0.39, 0.29) is 11.5 Å². The lowest BCUT2D eigenvalue weighted by Gasteiger charge is -2.15. The molecule has 0 saturated heterocycles. The van der Waals surface area contributed by atoms with Crippen molar-refractivity contribution in [2.45, 2.75) is 6.18 Å². The minimum Gasteiger partial charge on any atom is -0.334 e. The number of carbonyl (C=O) groups excluding carboxylic acids is 1. The molecule has 29 heavy (non-hydrogen) atoms. The highest BCUT2D eigenvalue weighted by molar-refractivity contribution is 6.04. The highest BCUT2D eigenvalue weighted by atomic mass is 19.4. The Morgan fingerprint density at radius 1 is 1.00 bits per heavy atom. The molecule has 4 rings (SSSR count). The zero-order valence-corrected chi connectivity index (χ0v) is 15.4. The fourth-order valence-corrected chi connectivity index (χ4v) is 3.20. The maximum atomic E-state index is 13.7. The van der Waals surface area contributed by atoms with Gasteiger partial charge in [0.2, 0.25) is 0 Å². The third-order valence-corrected chi connectivity index (χ3v) is 4.64. The average molecular weight is 395 g/mol. The Morgan fingerprint density at radius 3 is 2.48 bits per heavy atom. The predicted octanol–water partition coefficient (Wildman–Crippen LogP) is 5.51. The number of hydrogen-bond donors (Lipinski definition) is 1. The first-order valence-electron chi connectivity index (χ1n) is 8.82. The molecule has 4 nitrogen and oxygen atoms in total. The second-order valence-corrected chi connectivity index (χ2v) is 6.64. The van der Waals surface area contributed by atoms with Gasteiger partial charge in [-0.3, -0.25) is 4.79 Å². The van der Waals surface area contributed by atoms with Gasteiger partial charge in [-0.1, -0.05) is 30.3 Å². The standard InChI is InChI=1S/C22H16F3N3O/c1-28-13-26-19-11-17(18(12-20(19)28)22(23,24)25)15-8-5-9-16(10-15)27-21(29)14-6-3-2-4-7-14/h2-13H,1H3,(H,27,29). The van der Waals surface area contributed by atoms with Crippen LogP contribution in [0, 0.1) is 0 Å². The van der Waals surface area contributed by atoms with Crippen LogP contribution in [0.3, 0.4) is 0 Å². The molecular formula is C22H16F3N3O. The molecule has 0 unspecified atom stereocenters. The molecule has 0 bridgehead atoms. The first-order chi connectivity index (χ1) is 13.8. The third-order valence-electron chi connectivity index (χ3n) is 4.64. The molecule has 0 spiro atoms. The summed E-state index contributed by atoms with van der Waals surface area (Å²) < 4.78 is 42.7. The molecule has 0 radical (unpaired) electrons. The van der Waals surface area contributed by atoms with Crippen LogP contribution in [0.1, 0.15) is 15.9 Å². The van der Waals surface area contributed by atoms with Crippen molar-refractivity contribution in [3.63, 3.8) is 0 Å². The summed E-state index contributed by atoms with van der Waals surface area (Å²) in [4.78, 5) is 16.5. The minimum absolute atomic E-state index is 0.0134. The van der Waals surface area contributed by atoms with E-state index in [4.69, 9.17) is 0 Å². The Bertz CT molecular complexity index is 1200. The van der Waals surface area contributed by atoms with E-state index in [2.05, 4.69) is 10.3 Å². The number of hydrogen-bond acceptors (Lipinski definition) is 2. The summed E-state index contributed by atoms with van der Waals surface area (Å²) in [5.41, 5.74) is 1.34. The lowest BCUT2D eigenvalue weighted by Crippen LogP contribution is -2.12. The van der Waals surface area contributed by atoms with Crippen molar-refractivity contribution < 1.29 is 18.0 Å². The van der Waals surface area contributed by atoms with Gasteiger partial charge in [-0.15, -0.1) is 0 Å². The number of imidazole rings is 1. The van der Waals surface area contributed by atoms with Crippen LogP contribution in [0.15, 0.2) is 73.1 Å². The molecule has 0 saturated carbocycles. The number of halogens is 3. The van der Waals surface area contributed by atoms with Crippen molar-refractivity contribution in [2.24, 2.45) is 7.05 Å². The minimum atomic E-state index is -4.53. The summed E-state index contributed by atoms with van der Waals surface area (Å²) >= 11 is 0. The van der Waals surface area contributed by atoms with Crippen LogP contribution in [0.5, 0.6) is 0 Å². The summed E-state index contributed by atoms with van der Waals surface area (Å²) in [5, 5.41) is 2.73. The lowest BCUT2D eigenvalue weighted by atomic mass is 9.98. The molecule has 3 aromatic carbocycles. The second-order valence-electron chi connectivity index (χ2n) is 6.64. The number of anilines is 1. The molecule has 7 heteroatoms.